The lowest BCUT2D eigenvalue weighted by atomic mass is 10.2. The Balaban J connectivity index is 1.87. The minimum absolute atomic E-state index is 0.0408. The molecule has 4 nitrogen and oxygen atoms in total. The van der Waals surface area contributed by atoms with Crippen molar-refractivity contribution in [1.29, 1.82) is 0 Å². The van der Waals surface area contributed by atoms with Crippen LogP contribution in [0.3, 0.4) is 0 Å². The van der Waals surface area contributed by atoms with E-state index in [4.69, 9.17) is 12.2 Å². The number of unbranched alkanes of at least 4 members (excludes halogenated alkanes) is 2. The molecule has 0 radical (unpaired) electrons. The Labute approximate surface area is 159 Å². The monoisotopic (exact) mass is 427 g/mol. The second-order valence-corrected chi connectivity index (χ2v) is 7.86. The molecule has 1 amide bonds. The zero-order chi connectivity index (χ0) is 17.5. The number of amides is 1. The largest absolute Gasteiger partial charge is 0.469 e. The number of methoxy groups -OCH3 is 1. The third kappa shape index (κ3) is 5.43. The summed E-state index contributed by atoms with van der Waals surface area (Å²) in [7, 11) is 1.39. The highest BCUT2D eigenvalue weighted by molar-refractivity contribution is 9.10. The van der Waals surface area contributed by atoms with Crippen LogP contribution < -0.4 is 0 Å². The summed E-state index contributed by atoms with van der Waals surface area (Å²) in [6.07, 6.45) is 4.71. The lowest BCUT2D eigenvalue weighted by Gasteiger charge is -2.13. The van der Waals surface area contributed by atoms with Crippen molar-refractivity contribution >= 4 is 62.2 Å². The molecule has 24 heavy (non-hydrogen) atoms. The highest BCUT2D eigenvalue weighted by Gasteiger charge is 2.31. The molecule has 0 spiro atoms. The molecule has 0 atom stereocenters. The standard InChI is InChI=1S/C17H18BrNO3S2/c1-22-15(20)5-3-2-4-10-19-16(21)14(24-17(19)23)11-12-6-8-13(18)9-7-12/h6-9,11H,2-5,10H2,1H3/b14-11-. The Bertz CT molecular complexity index is 658. The Morgan fingerprint density at radius 3 is 2.67 bits per heavy atom. The normalized spacial score (nSPS) is 16.1. The number of thiocarbonyl (C=S) groups is 1. The molecular formula is C17H18BrNO3S2. The van der Waals surface area contributed by atoms with Crippen LogP contribution in [0, 0.1) is 0 Å². The van der Waals surface area contributed by atoms with Crippen molar-refractivity contribution in [3.63, 3.8) is 0 Å². The van der Waals surface area contributed by atoms with Gasteiger partial charge in [0.25, 0.3) is 5.91 Å². The van der Waals surface area contributed by atoms with Crippen molar-refractivity contribution in [2.75, 3.05) is 13.7 Å². The summed E-state index contributed by atoms with van der Waals surface area (Å²) in [4.78, 5) is 25.8. The molecule has 1 aromatic rings. The molecule has 1 aliphatic heterocycles. The third-order valence-corrected chi connectivity index (χ3v) is 5.44. The van der Waals surface area contributed by atoms with Crippen LogP contribution in [0.2, 0.25) is 0 Å². The van der Waals surface area contributed by atoms with Gasteiger partial charge in [0.15, 0.2) is 0 Å². The van der Waals surface area contributed by atoms with Crippen LogP contribution >= 0.6 is 39.9 Å². The number of thioether (sulfide) groups is 1. The molecule has 1 fully saturated rings. The highest BCUT2D eigenvalue weighted by atomic mass is 79.9. The summed E-state index contributed by atoms with van der Waals surface area (Å²) < 4.78 is 6.20. The Hall–Kier alpha value is -1.18. The molecule has 0 N–H and O–H groups in total. The van der Waals surface area contributed by atoms with Crippen LogP contribution in [0.5, 0.6) is 0 Å². The zero-order valence-electron chi connectivity index (χ0n) is 13.3. The van der Waals surface area contributed by atoms with Gasteiger partial charge in [0.2, 0.25) is 0 Å². The first-order chi connectivity index (χ1) is 11.5. The maximum absolute atomic E-state index is 12.5. The summed E-state index contributed by atoms with van der Waals surface area (Å²) in [6, 6.07) is 7.77. The van der Waals surface area contributed by atoms with Crippen LogP contribution in [0.4, 0.5) is 0 Å². The van der Waals surface area contributed by atoms with Gasteiger partial charge in [-0.2, -0.15) is 0 Å². The maximum Gasteiger partial charge on any atom is 0.305 e. The quantitative estimate of drug-likeness (QED) is 0.279. The van der Waals surface area contributed by atoms with E-state index in [-0.39, 0.29) is 11.9 Å². The van der Waals surface area contributed by atoms with Gasteiger partial charge in [0.05, 0.1) is 12.0 Å². The van der Waals surface area contributed by atoms with Gasteiger partial charge in [-0.25, -0.2) is 0 Å². The topological polar surface area (TPSA) is 46.6 Å². The first-order valence-corrected chi connectivity index (χ1v) is 9.61. The van der Waals surface area contributed by atoms with E-state index in [2.05, 4.69) is 20.7 Å². The fraction of sp³-hybridized carbons (Fsp3) is 0.353. The number of ether oxygens (including phenoxy) is 1. The summed E-state index contributed by atoms with van der Waals surface area (Å²) in [5.74, 6) is -0.237. The SMILES string of the molecule is COC(=O)CCCCCN1C(=O)/C(=C/c2ccc(Br)cc2)SC1=S. The second-order valence-electron chi connectivity index (χ2n) is 5.27. The Morgan fingerprint density at radius 2 is 2.00 bits per heavy atom. The van der Waals surface area contributed by atoms with Crippen LogP contribution in [-0.2, 0) is 14.3 Å². The molecule has 0 bridgehead atoms. The zero-order valence-corrected chi connectivity index (χ0v) is 16.5. The molecule has 0 unspecified atom stereocenters. The van der Waals surface area contributed by atoms with Gasteiger partial charge in [-0.05, 0) is 36.6 Å². The van der Waals surface area contributed by atoms with E-state index in [1.54, 1.807) is 4.90 Å². The van der Waals surface area contributed by atoms with Crippen LogP contribution in [0.15, 0.2) is 33.6 Å². The molecule has 0 saturated carbocycles. The van der Waals surface area contributed by atoms with Crippen molar-refractivity contribution < 1.29 is 14.3 Å². The Morgan fingerprint density at radius 1 is 1.29 bits per heavy atom. The van der Waals surface area contributed by atoms with Crippen molar-refractivity contribution in [1.82, 2.24) is 4.90 Å². The fourth-order valence-corrected chi connectivity index (χ4v) is 3.79. The van der Waals surface area contributed by atoms with E-state index in [0.717, 1.165) is 29.3 Å². The molecule has 128 valence electrons. The number of carbonyl (C=O) groups is 2. The van der Waals surface area contributed by atoms with E-state index in [9.17, 15) is 9.59 Å². The first kappa shape index (κ1) is 19.1. The molecule has 0 aromatic heterocycles. The lowest BCUT2D eigenvalue weighted by molar-refractivity contribution is -0.140. The van der Waals surface area contributed by atoms with Crippen LogP contribution in [0.25, 0.3) is 6.08 Å². The predicted molar refractivity (Wildman–Crippen MR) is 105 cm³/mol. The molecule has 1 aliphatic rings. The first-order valence-electron chi connectivity index (χ1n) is 7.59. The number of hydrogen-bond acceptors (Lipinski definition) is 5. The molecular weight excluding hydrogens is 410 g/mol. The van der Waals surface area contributed by atoms with Gasteiger partial charge in [0.1, 0.15) is 4.32 Å². The second kappa shape index (κ2) is 9.34. The average Bonchev–Trinajstić information content (AvgIpc) is 2.83. The molecule has 1 saturated heterocycles. The minimum Gasteiger partial charge on any atom is -0.469 e. The maximum atomic E-state index is 12.5. The van der Waals surface area contributed by atoms with Crippen molar-refractivity contribution in [2.24, 2.45) is 0 Å². The number of hydrogen-bond donors (Lipinski definition) is 0. The smallest absolute Gasteiger partial charge is 0.305 e. The number of esters is 1. The number of nitrogens with zero attached hydrogens (tertiary/aromatic N) is 1. The summed E-state index contributed by atoms with van der Waals surface area (Å²) in [5.41, 5.74) is 0.969. The third-order valence-electron chi connectivity index (χ3n) is 3.53. The number of halogens is 1. The van der Waals surface area contributed by atoms with E-state index in [0.29, 0.717) is 22.2 Å². The van der Waals surface area contributed by atoms with E-state index >= 15 is 0 Å². The van der Waals surface area contributed by atoms with Gasteiger partial charge in [0, 0.05) is 17.4 Å². The Kier molecular flexibility index (Phi) is 7.45. The minimum atomic E-state index is -0.196. The lowest BCUT2D eigenvalue weighted by Crippen LogP contribution is -2.29. The van der Waals surface area contributed by atoms with Crippen molar-refractivity contribution in [2.45, 2.75) is 25.7 Å². The average molecular weight is 428 g/mol. The van der Waals surface area contributed by atoms with Gasteiger partial charge >= 0.3 is 5.97 Å². The number of carbonyl (C=O) groups excluding carboxylic acids is 2. The molecule has 1 heterocycles. The molecule has 0 aliphatic carbocycles. The molecule has 2 rings (SSSR count). The predicted octanol–water partition coefficient (Wildman–Crippen LogP) is 4.38. The number of benzene rings is 1. The van der Waals surface area contributed by atoms with Gasteiger partial charge < -0.3 is 4.74 Å². The summed E-state index contributed by atoms with van der Waals surface area (Å²) in [6.45, 7) is 0.587. The van der Waals surface area contributed by atoms with Gasteiger partial charge in [-0.15, -0.1) is 0 Å². The fourth-order valence-electron chi connectivity index (χ4n) is 2.22. The van der Waals surface area contributed by atoms with E-state index in [1.807, 2.05) is 30.3 Å². The molecule has 7 heteroatoms. The number of rotatable bonds is 7. The van der Waals surface area contributed by atoms with Gasteiger partial charge in [-0.3, -0.25) is 14.5 Å². The van der Waals surface area contributed by atoms with Crippen molar-refractivity contribution in [3.05, 3.63) is 39.2 Å². The van der Waals surface area contributed by atoms with Gasteiger partial charge in [-0.1, -0.05) is 58.5 Å². The van der Waals surface area contributed by atoms with E-state index < -0.39 is 0 Å². The highest BCUT2D eigenvalue weighted by Crippen LogP contribution is 2.32. The molecule has 1 aromatic carbocycles. The summed E-state index contributed by atoms with van der Waals surface area (Å²) in [5, 5.41) is 0. The van der Waals surface area contributed by atoms with E-state index in [1.165, 1.54) is 18.9 Å². The summed E-state index contributed by atoms with van der Waals surface area (Å²) >= 11 is 10.0. The van der Waals surface area contributed by atoms with Crippen LogP contribution in [0.1, 0.15) is 31.2 Å². The van der Waals surface area contributed by atoms with Crippen molar-refractivity contribution in [3.8, 4) is 0 Å². The van der Waals surface area contributed by atoms with Crippen LogP contribution in [-0.4, -0.2) is 34.8 Å².